The highest BCUT2D eigenvalue weighted by atomic mass is 32.2. The first-order valence-corrected chi connectivity index (χ1v) is 9.95. The molecule has 136 valence electrons. The summed E-state index contributed by atoms with van der Waals surface area (Å²) >= 11 is 3.23. The van der Waals surface area contributed by atoms with Crippen LogP contribution in [0.4, 0.5) is 5.13 Å². The molecule has 0 atom stereocenters. The van der Waals surface area contributed by atoms with E-state index in [4.69, 9.17) is 9.47 Å². The molecule has 0 saturated carbocycles. The van der Waals surface area contributed by atoms with Crippen molar-refractivity contribution in [2.24, 2.45) is 0 Å². The minimum Gasteiger partial charge on any atom is -0.497 e. The monoisotopic (exact) mass is 387 g/mol. The molecule has 0 fully saturated rings. The number of hydrogen-bond donors (Lipinski definition) is 1. The van der Waals surface area contributed by atoms with Crippen molar-refractivity contribution in [1.29, 1.82) is 0 Å². The maximum atomic E-state index is 5.43. The van der Waals surface area contributed by atoms with E-state index in [2.05, 4.69) is 34.6 Å². The molecule has 0 bridgehead atoms. The Hall–Kier alpha value is -2.25. The van der Waals surface area contributed by atoms with Crippen molar-refractivity contribution in [3.63, 3.8) is 0 Å². The summed E-state index contributed by atoms with van der Waals surface area (Å²) in [5.41, 5.74) is 3.56. The second-order valence-corrected chi connectivity index (χ2v) is 7.88. The summed E-state index contributed by atoms with van der Waals surface area (Å²) in [4.78, 5) is 0. The topological polar surface area (TPSA) is 56.3 Å². The van der Waals surface area contributed by atoms with Crippen molar-refractivity contribution in [2.45, 2.75) is 23.6 Å². The molecule has 0 aliphatic carbocycles. The number of methoxy groups -OCH3 is 2. The van der Waals surface area contributed by atoms with E-state index in [1.165, 1.54) is 16.7 Å². The molecule has 0 spiro atoms. The zero-order chi connectivity index (χ0) is 18.4. The number of nitrogens with zero attached hydrogens (tertiary/aromatic N) is 2. The lowest BCUT2D eigenvalue weighted by Crippen LogP contribution is -1.98. The summed E-state index contributed by atoms with van der Waals surface area (Å²) < 4.78 is 11.5. The van der Waals surface area contributed by atoms with Gasteiger partial charge in [-0.15, -0.1) is 10.2 Å². The molecule has 0 radical (unpaired) electrons. The fourth-order valence-corrected chi connectivity index (χ4v) is 4.15. The summed E-state index contributed by atoms with van der Waals surface area (Å²) in [7, 11) is 3.37. The number of thioether (sulfide) groups is 1. The Bertz CT molecular complexity index is 850. The van der Waals surface area contributed by atoms with E-state index >= 15 is 0 Å². The molecule has 3 aromatic rings. The summed E-state index contributed by atoms with van der Waals surface area (Å²) in [6.07, 6.45) is 0. The maximum absolute atomic E-state index is 5.43. The van der Waals surface area contributed by atoms with Gasteiger partial charge in [0, 0.05) is 17.9 Å². The SMILES string of the molecule is COc1ccc(CNc2nnc(SCc3cc(C)ccc3OC)s2)cc1. The van der Waals surface area contributed by atoms with Crippen LogP contribution < -0.4 is 14.8 Å². The predicted octanol–water partition coefficient (Wildman–Crippen LogP) is 4.77. The van der Waals surface area contributed by atoms with Gasteiger partial charge < -0.3 is 14.8 Å². The number of rotatable bonds is 8. The molecule has 0 amide bonds. The molecule has 2 aromatic carbocycles. The number of aromatic nitrogens is 2. The van der Waals surface area contributed by atoms with Crippen molar-refractivity contribution in [3.05, 3.63) is 59.2 Å². The Morgan fingerprint density at radius 3 is 2.58 bits per heavy atom. The van der Waals surface area contributed by atoms with E-state index in [1.54, 1.807) is 37.3 Å². The quantitative estimate of drug-likeness (QED) is 0.562. The lowest BCUT2D eigenvalue weighted by atomic mass is 10.1. The molecule has 1 aromatic heterocycles. The van der Waals surface area contributed by atoms with E-state index in [9.17, 15) is 0 Å². The van der Waals surface area contributed by atoms with E-state index in [1.807, 2.05) is 30.3 Å². The summed E-state index contributed by atoms with van der Waals surface area (Å²) in [5.74, 6) is 2.57. The van der Waals surface area contributed by atoms with Crippen molar-refractivity contribution in [1.82, 2.24) is 10.2 Å². The van der Waals surface area contributed by atoms with Gasteiger partial charge in [0.1, 0.15) is 11.5 Å². The molecule has 5 nitrogen and oxygen atoms in total. The fraction of sp³-hybridized carbons (Fsp3) is 0.263. The molecule has 3 rings (SSSR count). The Morgan fingerprint density at radius 2 is 1.85 bits per heavy atom. The van der Waals surface area contributed by atoms with Crippen LogP contribution in [0.15, 0.2) is 46.8 Å². The van der Waals surface area contributed by atoms with Gasteiger partial charge in [0.15, 0.2) is 4.34 Å². The van der Waals surface area contributed by atoms with Crippen LogP contribution in [0.5, 0.6) is 11.5 Å². The average molecular weight is 388 g/mol. The van der Waals surface area contributed by atoms with Gasteiger partial charge >= 0.3 is 0 Å². The summed E-state index contributed by atoms with van der Waals surface area (Å²) in [6, 6.07) is 14.2. The lowest BCUT2D eigenvalue weighted by molar-refractivity contribution is 0.411. The number of benzene rings is 2. The first-order chi connectivity index (χ1) is 12.7. The van der Waals surface area contributed by atoms with Crippen LogP contribution in [0.1, 0.15) is 16.7 Å². The van der Waals surface area contributed by atoms with Gasteiger partial charge in [-0.3, -0.25) is 0 Å². The minimum atomic E-state index is 0.703. The molecule has 0 saturated heterocycles. The number of aryl methyl sites for hydroxylation is 1. The molecule has 1 N–H and O–H groups in total. The zero-order valence-electron chi connectivity index (χ0n) is 15.0. The first-order valence-electron chi connectivity index (χ1n) is 8.14. The molecule has 0 aliphatic heterocycles. The average Bonchev–Trinajstić information content (AvgIpc) is 3.13. The standard InChI is InChI=1S/C19H21N3O2S2/c1-13-4-9-17(24-3)15(10-13)12-25-19-22-21-18(26-19)20-11-14-5-7-16(23-2)8-6-14/h4-10H,11-12H2,1-3H3,(H,20,21). The number of hydrogen-bond acceptors (Lipinski definition) is 7. The smallest absolute Gasteiger partial charge is 0.206 e. The van der Waals surface area contributed by atoms with Crippen molar-refractivity contribution in [2.75, 3.05) is 19.5 Å². The Balaban J connectivity index is 1.55. The Morgan fingerprint density at radius 1 is 1.04 bits per heavy atom. The van der Waals surface area contributed by atoms with E-state index < -0.39 is 0 Å². The molecular formula is C19H21N3O2S2. The minimum absolute atomic E-state index is 0.703. The molecule has 0 unspecified atom stereocenters. The van der Waals surface area contributed by atoms with E-state index in [-0.39, 0.29) is 0 Å². The third kappa shape index (κ3) is 4.89. The normalized spacial score (nSPS) is 10.6. The maximum Gasteiger partial charge on any atom is 0.206 e. The van der Waals surface area contributed by atoms with Gasteiger partial charge in [0.2, 0.25) is 5.13 Å². The largest absolute Gasteiger partial charge is 0.497 e. The second-order valence-electron chi connectivity index (χ2n) is 5.68. The van der Waals surface area contributed by atoms with Gasteiger partial charge in [0.05, 0.1) is 14.2 Å². The van der Waals surface area contributed by atoms with Gasteiger partial charge in [0.25, 0.3) is 0 Å². The summed E-state index contributed by atoms with van der Waals surface area (Å²) in [6.45, 7) is 2.79. The van der Waals surface area contributed by atoms with Crippen molar-refractivity contribution < 1.29 is 9.47 Å². The molecular weight excluding hydrogens is 366 g/mol. The van der Waals surface area contributed by atoms with Crippen LogP contribution in [0.25, 0.3) is 0 Å². The highest BCUT2D eigenvalue weighted by Gasteiger charge is 2.08. The Kier molecular flexibility index (Phi) is 6.35. The van der Waals surface area contributed by atoms with Gasteiger partial charge in [-0.25, -0.2) is 0 Å². The van der Waals surface area contributed by atoms with Crippen molar-refractivity contribution in [3.8, 4) is 11.5 Å². The van der Waals surface area contributed by atoms with E-state index in [0.29, 0.717) is 6.54 Å². The third-order valence-electron chi connectivity index (χ3n) is 3.80. The molecule has 26 heavy (non-hydrogen) atoms. The van der Waals surface area contributed by atoms with Crippen molar-refractivity contribution >= 4 is 28.2 Å². The number of ether oxygens (including phenoxy) is 2. The van der Waals surface area contributed by atoms with E-state index in [0.717, 1.165) is 26.7 Å². The second kappa shape index (κ2) is 8.91. The fourth-order valence-electron chi connectivity index (χ4n) is 2.42. The summed E-state index contributed by atoms with van der Waals surface area (Å²) in [5, 5.41) is 12.6. The number of nitrogens with one attached hydrogen (secondary N) is 1. The van der Waals surface area contributed by atoms with Gasteiger partial charge in [-0.1, -0.05) is 52.9 Å². The van der Waals surface area contributed by atoms with Crippen LogP contribution in [0.3, 0.4) is 0 Å². The van der Waals surface area contributed by atoms with Crippen LogP contribution in [0, 0.1) is 6.92 Å². The zero-order valence-corrected chi connectivity index (χ0v) is 16.6. The van der Waals surface area contributed by atoms with Crippen LogP contribution in [-0.4, -0.2) is 24.4 Å². The third-order valence-corrected chi connectivity index (χ3v) is 5.86. The number of anilines is 1. The highest BCUT2D eigenvalue weighted by molar-refractivity contribution is 8.00. The van der Waals surface area contributed by atoms with Crippen LogP contribution >= 0.6 is 23.1 Å². The molecule has 0 aliphatic rings. The highest BCUT2D eigenvalue weighted by Crippen LogP contribution is 2.31. The predicted molar refractivity (Wildman–Crippen MR) is 108 cm³/mol. The lowest BCUT2D eigenvalue weighted by Gasteiger charge is -2.08. The first kappa shape index (κ1) is 18.5. The van der Waals surface area contributed by atoms with Crippen LogP contribution in [0.2, 0.25) is 0 Å². The molecule has 1 heterocycles. The van der Waals surface area contributed by atoms with Gasteiger partial charge in [-0.2, -0.15) is 0 Å². The molecule has 7 heteroatoms. The van der Waals surface area contributed by atoms with Crippen LogP contribution in [-0.2, 0) is 12.3 Å². The van der Waals surface area contributed by atoms with Gasteiger partial charge in [-0.05, 0) is 30.7 Å². The Labute approximate surface area is 161 Å².